The summed E-state index contributed by atoms with van der Waals surface area (Å²) in [5, 5.41) is 0. The second-order valence-electron chi connectivity index (χ2n) is 4.41. The highest BCUT2D eigenvalue weighted by atomic mass is 16.9. The summed E-state index contributed by atoms with van der Waals surface area (Å²) in [5.41, 5.74) is 20.1. The van der Waals surface area contributed by atoms with Crippen LogP contribution in [0.2, 0.25) is 0 Å². The predicted octanol–water partition coefficient (Wildman–Crippen LogP) is -5.07. The van der Waals surface area contributed by atoms with E-state index in [0.29, 0.717) is 0 Å². The molecule has 0 aromatic heterocycles. The molecule has 12 nitrogen and oxygen atoms in total. The average molecular weight is 303 g/mol. The van der Waals surface area contributed by atoms with E-state index < -0.39 is 55.0 Å². The van der Waals surface area contributed by atoms with Gasteiger partial charge in [0.15, 0.2) is 0 Å². The van der Waals surface area contributed by atoms with Crippen molar-refractivity contribution in [3.8, 4) is 0 Å². The molecule has 116 valence electrons. The van der Waals surface area contributed by atoms with Crippen LogP contribution in [0.4, 0.5) is 0 Å². The quantitative estimate of drug-likeness (QED) is 0.368. The van der Waals surface area contributed by atoms with Crippen LogP contribution in [-0.2, 0) is 37.8 Å². The third kappa shape index (κ3) is 2.54. The normalized spacial score (nSPS) is 33.9. The van der Waals surface area contributed by atoms with Gasteiger partial charge in [0.05, 0.1) is 0 Å². The van der Waals surface area contributed by atoms with Crippen LogP contribution in [0.15, 0.2) is 0 Å². The Labute approximate surface area is 117 Å². The molecule has 0 unspecified atom stereocenters. The van der Waals surface area contributed by atoms with Gasteiger partial charge < -0.3 is 41.6 Å². The molecule has 4 amide bonds. The minimum Gasteiger partial charge on any atom is -0.507 e. The summed E-state index contributed by atoms with van der Waals surface area (Å²) in [6.07, 6.45) is -6.43. The molecular weight excluding hydrogens is 291 g/mol. The molecule has 2 aliphatic heterocycles. The number of hydrogen-bond acceptors (Lipinski definition) is 8. The third-order valence-corrected chi connectivity index (χ3v) is 2.92. The highest BCUT2D eigenvalue weighted by Crippen LogP contribution is 2.35. The predicted molar refractivity (Wildman–Crippen MR) is 62.0 cm³/mol. The third-order valence-electron chi connectivity index (χ3n) is 2.92. The zero-order valence-corrected chi connectivity index (χ0v) is 10.5. The van der Waals surface area contributed by atoms with E-state index >= 15 is 0 Å². The first kappa shape index (κ1) is 15.2. The maximum atomic E-state index is 11.2. The molecule has 0 radical (unpaired) electrons. The monoisotopic (exact) mass is 303 g/mol. The van der Waals surface area contributed by atoms with Gasteiger partial charge in [0.1, 0.15) is 24.4 Å². The van der Waals surface area contributed by atoms with Gasteiger partial charge in [-0.3, -0.25) is 19.2 Å². The smallest absolute Gasteiger partial charge is 0.507 e. The minimum absolute atomic E-state index is 1.08. The molecule has 13 heteroatoms. The second kappa shape index (κ2) is 4.96. The van der Waals surface area contributed by atoms with Crippen molar-refractivity contribution in [2.24, 2.45) is 22.9 Å². The Hall–Kier alpha value is -2.22. The van der Waals surface area contributed by atoms with E-state index in [1.807, 2.05) is 0 Å². The van der Waals surface area contributed by atoms with E-state index in [2.05, 4.69) is 0 Å². The van der Waals surface area contributed by atoms with Gasteiger partial charge in [-0.1, -0.05) is 0 Å². The lowest BCUT2D eigenvalue weighted by molar-refractivity contribution is -0.133. The zero-order valence-electron chi connectivity index (χ0n) is 10.5. The topological polar surface area (TPSA) is 209 Å². The molecular formula is C8H12BN4O8-. The van der Waals surface area contributed by atoms with Crippen molar-refractivity contribution < 1.29 is 37.8 Å². The average Bonchev–Trinajstić information content (AvgIpc) is 2.92. The van der Waals surface area contributed by atoms with Crippen LogP contribution in [0.5, 0.6) is 0 Å². The maximum absolute atomic E-state index is 11.2. The summed E-state index contributed by atoms with van der Waals surface area (Å²) in [7, 11) is 0. The Morgan fingerprint density at radius 3 is 0.905 bits per heavy atom. The van der Waals surface area contributed by atoms with Crippen LogP contribution in [0.1, 0.15) is 0 Å². The van der Waals surface area contributed by atoms with Gasteiger partial charge in [0.25, 0.3) is 0 Å². The van der Waals surface area contributed by atoms with E-state index in [4.69, 9.17) is 41.6 Å². The fourth-order valence-electron chi connectivity index (χ4n) is 2.06. The number of carbonyl (C=O) groups excluding carboxylic acids is 4. The standard InChI is InChI=1S/C8H12BN4O8/c10-5(14)1-2(6(11)15)19-9(18-1)20-3(7(12)16)4(21-9)8(13)17/h1-4H,(H2,10,14)(H2,11,15)(H2,12,16)(H2,13,17)/q-1/t1-,2-,3-,4-/m1/s1. The molecule has 0 saturated carbocycles. The van der Waals surface area contributed by atoms with Crippen molar-refractivity contribution in [1.82, 2.24) is 0 Å². The van der Waals surface area contributed by atoms with Crippen molar-refractivity contribution in [1.29, 1.82) is 0 Å². The Morgan fingerprint density at radius 1 is 0.571 bits per heavy atom. The molecule has 0 aromatic carbocycles. The first-order chi connectivity index (χ1) is 9.67. The maximum Gasteiger partial charge on any atom is 0.533 e. The molecule has 8 N–H and O–H groups in total. The first-order valence-electron chi connectivity index (χ1n) is 5.68. The van der Waals surface area contributed by atoms with Gasteiger partial charge in [0.2, 0.25) is 23.6 Å². The molecule has 2 saturated heterocycles. The number of nitrogens with two attached hydrogens (primary N) is 4. The minimum atomic E-state index is -3.25. The number of rotatable bonds is 4. The number of primary amides is 4. The molecule has 2 heterocycles. The van der Waals surface area contributed by atoms with Gasteiger partial charge in [-0.15, -0.1) is 0 Å². The van der Waals surface area contributed by atoms with E-state index in [0.717, 1.165) is 0 Å². The Kier molecular flexibility index (Phi) is 3.58. The van der Waals surface area contributed by atoms with E-state index in [-0.39, 0.29) is 0 Å². The van der Waals surface area contributed by atoms with Crippen LogP contribution < -0.4 is 22.9 Å². The molecule has 0 bridgehead atoms. The largest absolute Gasteiger partial charge is 0.533 e. The number of amides is 4. The molecule has 0 aliphatic carbocycles. The van der Waals surface area contributed by atoms with Crippen LogP contribution in [0.25, 0.3) is 0 Å². The van der Waals surface area contributed by atoms with Gasteiger partial charge in [0, 0.05) is 0 Å². The molecule has 4 atom stereocenters. The highest BCUT2D eigenvalue weighted by Gasteiger charge is 2.58. The first-order valence-corrected chi connectivity index (χ1v) is 5.68. The summed E-state index contributed by atoms with van der Waals surface area (Å²) >= 11 is 0. The van der Waals surface area contributed by atoms with Gasteiger partial charge in [-0.05, 0) is 0 Å². The van der Waals surface area contributed by atoms with E-state index in [1.54, 1.807) is 0 Å². The van der Waals surface area contributed by atoms with E-state index in [1.165, 1.54) is 0 Å². The zero-order chi connectivity index (χ0) is 15.9. The fraction of sp³-hybridized carbons (Fsp3) is 0.500. The van der Waals surface area contributed by atoms with Crippen molar-refractivity contribution in [3.63, 3.8) is 0 Å². The molecule has 2 rings (SSSR count). The summed E-state index contributed by atoms with van der Waals surface area (Å²) in [6.45, 7) is -3.25. The SMILES string of the molecule is NC(=O)[C@@H]1O[B-]2(O[C@H]1C(N)=O)O[C@@H](C(N)=O)[C@H](C(N)=O)O2. The van der Waals surface area contributed by atoms with Crippen LogP contribution in [0.3, 0.4) is 0 Å². The molecule has 21 heavy (non-hydrogen) atoms. The van der Waals surface area contributed by atoms with Crippen molar-refractivity contribution >= 4 is 30.6 Å². The lowest BCUT2D eigenvalue weighted by Gasteiger charge is -2.28. The van der Waals surface area contributed by atoms with Crippen LogP contribution >= 0.6 is 0 Å². The lowest BCUT2D eigenvalue weighted by atomic mass is 10.1. The summed E-state index contributed by atoms with van der Waals surface area (Å²) < 4.78 is 20.0. The van der Waals surface area contributed by atoms with Crippen molar-refractivity contribution in [2.75, 3.05) is 0 Å². The van der Waals surface area contributed by atoms with E-state index in [9.17, 15) is 19.2 Å². The van der Waals surface area contributed by atoms with Gasteiger partial charge in [-0.2, -0.15) is 0 Å². The summed E-state index contributed by atoms with van der Waals surface area (Å²) in [5.74, 6) is -4.32. The Morgan fingerprint density at radius 2 is 0.762 bits per heavy atom. The number of hydrogen-bond donors (Lipinski definition) is 4. The van der Waals surface area contributed by atoms with Gasteiger partial charge >= 0.3 is 6.96 Å². The second-order valence-corrected chi connectivity index (χ2v) is 4.41. The molecule has 2 aliphatic rings. The van der Waals surface area contributed by atoms with Crippen LogP contribution in [0, 0.1) is 0 Å². The molecule has 1 spiro atoms. The number of carbonyl (C=O) groups is 4. The van der Waals surface area contributed by atoms with Crippen molar-refractivity contribution in [3.05, 3.63) is 0 Å². The Bertz CT molecular complexity index is 433. The molecule has 2 fully saturated rings. The van der Waals surface area contributed by atoms with Crippen molar-refractivity contribution in [2.45, 2.75) is 24.4 Å². The fourth-order valence-corrected chi connectivity index (χ4v) is 2.06. The summed E-state index contributed by atoms with van der Waals surface area (Å²) in [6, 6.07) is 0. The summed E-state index contributed by atoms with van der Waals surface area (Å²) in [4.78, 5) is 44.8. The van der Waals surface area contributed by atoms with Gasteiger partial charge in [-0.25, -0.2) is 0 Å². The highest BCUT2D eigenvalue weighted by molar-refractivity contribution is 6.56. The lowest BCUT2D eigenvalue weighted by Crippen LogP contribution is -2.44. The molecule has 0 aromatic rings. The Balaban J connectivity index is 2.29. The van der Waals surface area contributed by atoms with Crippen LogP contribution in [-0.4, -0.2) is 55.0 Å².